The van der Waals surface area contributed by atoms with Crippen molar-refractivity contribution in [1.29, 1.82) is 5.26 Å². The van der Waals surface area contributed by atoms with E-state index in [4.69, 9.17) is 0 Å². The highest BCUT2D eigenvalue weighted by Gasteiger charge is 2.30. The number of rotatable bonds is 9. The number of nitrogens with one attached hydrogen (secondary N) is 1. The summed E-state index contributed by atoms with van der Waals surface area (Å²) in [6.45, 7) is 5.56. The number of carbonyl (C=O) groups is 2. The summed E-state index contributed by atoms with van der Waals surface area (Å²) >= 11 is 2.91. The summed E-state index contributed by atoms with van der Waals surface area (Å²) < 4.78 is 0. The van der Waals surface area contributed by atoms with Gasteiger partial charge in [0.05, 0.1) is 22.4 Å². The molecule has 5 nitrogen and oxygen atoms in total. The second kappa shape index (κ2) is 11.2. The van der Waals surface area contributed by atoms with E-state index in [1.54, 1.807) is 11.8 Å². The van der Waals surface area contributed by atoms with Gasteiger partial charge in [-0.05, 0) is 36.8 Å². The summed E-state index contributed by atoms with van der Waals surface area (Å²) in [6, 6.07) is 10.2. The highest BCUT2D eigenvalue weighted by Crippen LogP contribution is 2.36. The van der Waals surface area contributed by atoms with Crippen LogP contribution < -0.4 is 5.32 Å². The minimum Gasteiger partial charge on any atom is -0.342 e. The van der Waals surface area contributed by atoms with Gasteiger partial charge in [0.25, 0.3) is 0 Å². The fraction of sp³-hybridized carbons (Fsp3) is 0.476. The second-order valence-electron chi connectivity index (χ2n) is 6.60. The van der Waals surface area contributed by atoms with Gasteiger partial charge in [0, 0.05) is 30.3 Å². The van der Waals surface area contributed by atoms with Crippen LogP contribution in [0, 0.1) is 11.3 Å². The van der Waals surface area contributed by atoms with Crippen LogP contribution in [0.2, 0.25) is 0 Å². The van der Waals surface area contributed by atoms with Gasteiger partial charge in [0.2, 0.25) is 11.8 Å². The number of allylic oxidation sites excluding steroid dienone is 1. The Labute approximate surface area is 175 Å². The second-order valence-corrected chi connectivity index (χ2v) is 8.47. The summed E-state index contributed by atoms with van der Waals surface area (Å²) in [4.78, 5) is 27.8. The quantitative estimate of drug-likeness (QED) is 0.612. The molecule has 0 fully saturated rings. The van der Waals surface area contributed by atoms with Gasteiger partial charge < -0.3 is 10.2 Å². The molecule has 0 spiro atoms. The number of amides is 2. The van der Waals surface area contributed by atoms with Gasteiger partial charge in [-0.15, -0.1) is 11.8 Å². The summed E-state index contributed by atoms with van der Waals surface area (Å²) in [6.07, 6.45) is 4.08. The van der Waals surface area contributed by atoms with Crippen molar-refractivity contribution in [3.05, 3.63) is 40.4 Å². The average Bonchev–Trinajstić information content (AvgIpc) is 2.71. The van der Waals surface area contributed by atoms with E-state index < -0.39 is 0 Å². The molecular weight excluding hydrogens is 390 g/mol. The maximum absolute atomic E-state index is 12.5. The minimum atomic E-state index is -0.269. The molecular formula is C21H27N3O2S2. The van der Waals surface area contributed by atoms with Crippen LogP contribution in [-0.4, -0.2) is 41.8 Å². The number of nitrogens with zero attached hydrogens (tertiary/aromatic N) is 2. The van der Waals surface area contributed by atoms with Crippen molar-refractivity contribution in [3.63, 3.8) is 0 Å². The molecule has 0 saturated carbocycles. The third-order valence-electron chi connectivity index (χ3n) is 4.55. The Morgan fingerprint density at radius 2 is 1.89 bits per heavy atom. The van der Waals surface area contributed by atoms with Gasteiger partial charge >= 0.3 is 0 Å². The molecule has 7 heteroatoms. The predicted octanol–water partition coefficient (Wildman–Crippen LogP) is 4.13. The molecule has 28 heavy (non-hydrogen) atoms. The van der Waals surface area contributed by atoms with Crippen LogP contribution in [0.3, 0.4) is 0 Å². The highest BCUT2D eigenvalue weighted by atomic mass is 32.2. The summed E-state index contributed by atoms with van der Waals surface area (Å²) in [5, 5.41) is 13.1. The summed E-state index contributed by atoms with van der Waals surface area (Å²) in [5.41, 5.74) is 1.49. The molecule has 150 valence electrons. The molecule has 0 aliphatic carbocycles. The van der Waals surface area contributed by atoms with Gasteiger partial charge in [0.1, 0.15) is 0 Å². The summed E-state index contributed by atoms with van der Waals surface area (Å²) in [5.74, 6) is -0.125. The van der Waals surface area contributed by atoms with Gasteiger partial charge in [-0.1, -0.05) is 37.7 Å². The van der Waals surface area contributed by atoms with Gasteiger partial charge in [-0.3, -0.25) is 9.59 Å². The van der Waals surface area contributed by atoms with Crippen LogP contribution in [0.1, 0.15) is 44.6 Å². The third-order valence-corrected chi connectivity index (χ3v) is 6.30. The van der Waals surface area contributed by atoms with Gasteiger partial charge in [0.15, 0.2) is 0 Å². The smallest absolute Gasteiger partial charge is 0.232 e. The van der Waals surface area contributed by atoms with Crippen molar-refractivity contribution in [1.82, 2.24) is 10.2 Å². The maximum Gasteiger partial charge on any atom is 0.232 e. The zero-order valence-electron chi connectivity index (χ0n) is 16.7. The monoisotopic (exact) mass is 417 g/mol. The van der Waals surface area contributed by atoms with Crippen molar-refractivity contribution in [2.45, 2.75) is 43.9 Å². The Morgan fingerprint density at radius 3 is 2.43 bits per heavy atom. The largest absolute Gasteiger partial charge is 0.342 e. The van der Waals surface area contributed by atoms with E-state index in [-0.39, 0.29) is 29.9 Å². The number of thioether (sulfide) groups is 2. The minimum absolute atomic E-state index is 0.0409. The molecule has 1 aliphatic heterocycles. The van der Waals surface area contributed by atoms with E-state index in [0.29, 0.717) is 10.6 Å². The molecule has 2 rings (SSSR count). The normalized spacial score (nSPS) is 16.5. The van der Waals surface area contributed by atoms with Crippen molar-refractivity contribution in [3.8, 4) is 6.07 Å². The van der Waals surface area contributed by atoms with Crippen molar-refractivity contribution < 1.29 is 9.59 Å². The van der Waals surface area contributed by atoms with Crippen molar-refractivity contribution >= 4 is 35.3 Å². The molecule has 1 heterocycles. The molecule has 1 atom stereocenters. The Hall–Kier alpha value is -1.91. The van der Waals surface area contributed by atoms with E-state index in [0.717, 1.165) is 36.4 Å². The van der Waals surface area contributed by atoms with Gasteiger partial charge in [-0.25, -0.2) is 0 Å². The van der Waals surface area contributed by atoms with Crippen LogP contribution in [-0.2, 0) is 9.59 Å². The SMILES string of the molecule is CCCN(CCC)C(=O)CSC1=C(C#N)[C@@H](c2ccc(SC)cc2)CC(=O)N1. The molecule has 0 bridgehead atoms. The van der Waals surface area contributed by atoms with Crippen LogP contribution in [0.15, 0.2) is 39.8 Å². The van der Waals surface area contributed by atoms with E-state index in [1.165, 1.54) is 11.8 Å². The Morgan fingerprint density at radius 1 is 1.25 bits per heavy atom. The molecule has 1 aromatic rings. The molecule has 2 amide bonds. The number of hydrogen-bond donors (Lipinski definition) is 1. The topological polar surface area (TPSA) is 73.2 Å². The Balaban J connectivity index is 2.20. The van der Waals surface area contributed by atoms with Crippen LogP contribution >= 0.6 is 23.5 Å². The zero-order chi connectivity index (χ0) is 20.5. The fourth-order valence-electron chi connectivity index (χ4n) is 3.18. The lowest BCUT2D eigenvalue weighted by molar-refractivity contribution is -0.128. The van der Waals surface area contributed by atoms with E-state index >= 15 is 0 Å². The molecule has 1 aromatic carbocycles. The molecule has 0 unspecified atom stereocenters. The molecule has 0 saturated heterocycles. The van der Waals surface area contributed by atoms with E-state index in [2.05, 4.69) is 11.4 Å². The Bertz CT molecular complexity index is 763. The zero-order valence-corrected chi connectivity index (χ0v) is 18.3. The van der Waals surface area contributed by atoms with E-state index in [1.807, 2.05) is 49.3 Å². The van der Waals surface area contributed by atoms with Crippen molar-refractivity contribution in [2.75, 3.05) is 25.1 Å². The average molecular weight is 418 g/mol. The number of nitriles is 1. The first-order valence-electron chi connectivity index (χ1n) is 9.52. The fourth-order valence-corrected chi connectivity index (χ4v) is 4.57. The van der Waals surface area contributed by atoms with Gasteiger partial charge in [-0.2, -0.15) is 5.26 Å². The summed E-state index contributed by atoms with van der Waals surface area (Å²) in [7, 11) is 0. The molecule has 1 aliphatic rings. The number of hydrogen-bond acceptors (Lipinski definition) is 5. The first-order valence-corrected chi connectivity index (χ1v) is 11.7. The lowest BCUT2D eigenvalue weighted by Gasteiger charge is -2.26. The molecule has 1 N–H and O–H groups in total. The number of carbonyl (C=O) groups excluding carboxylic acids is 2. The lowest BCUT2D eigenvalue weighted by Crippen LogP contribution is -2.35. The lowest BCUT2D eigenvalue weighted by atomic mass is 9.87. The maximum atomic E-state index is 12.5. The van der Waals surface area contributed by atoms with Crippen LogP contribution in [0.25, 0.3) is 0 Å². The van der Waals surface area contributed by atoms with Crippen LogP contribution in [0.5, 0.6) is 0 Å². The third kappa shape index (κ3) is 5.79. The number of benzene rings is 1. The first kappa shape index (κ1) is 22.4. The Kier molecular flexibility index (Phi) is 8.94. The first-order chi connectivity index (χ1) is 13.5. The van der Waals surface area contributed by atoms with E-state index in [9.17, 15) is 14.9 Å². The molecule has 0 aromatic heterocycles. The highest BCUT2D eigenvalue weighted by molar-refractivity contribution is 8.03. The standard InChI is InChI=1S/C21H27N3O2S2/c1-4-10-24(11-5-2)20(26)14-28-21-18(13-22)17(12-19(25)23-21)15-6-8-16(27-3)9-7-15/h6-9,17H,4-5,10-12,14H2,1-3H3,(H,23,25)/t17-/m1/s1. The predicted molar refractivity (Wildman–Crippen MR) is 116 cm³/mol. The molecule has 0 radical (unpaired) electrons. The van der Waals surface area contributed by atoms with Crippen molar-refractivity contribution in [2.24, 2.45) is 0 Å². The van der Waals surface area contributed by atoms with Crippen LogP contribution in [0.4, 0.5) is 0 Å².